The molecule has 2 aliphatic rings. The summed E-state index contributed by atoms with van der Waals surface area (Å²) >= 11 is 3.26. The molecular formula is C30H31BrFN5O4. The second-order valence-electron chi connectivity index (χ2n) is 10.9. The van der Waals surface area contributed by atoms with Crippen LogP contribution in [0.1, 0.15) is 40.7 Å². The van der Waals surface area contributed by atoms with E-state index in [1.807, 2.05) is 17.0 Å². The van der Waals surface area contributed by atoms with Crippen molar-refractivity contribution in [2.24, 2.45) is 0 Å². The molecule has 2 aromatic carbocycles. The lowest BCUT2D eigenvalue weighted by Crippen LogP contribution is -2.43. The van der Waals surface area contributed by atoms with E-state index < -0.39 is 6.10 Å². The third kappa shape index (κ3) is 5.66. The van der Waals surface area contributed by atoms with Crippen molar-refractivity contribution in [1.82, 2.24) is 24.8 Å². The number of nitrogens with one attached hydrogen (secondary N) is 2. The summed E-state index contributed by atoms with van der Waals surface area (Å²) in [6.07, 6.45) is 3.46. The van der Waals surface area contributed by atoms with Gasteiger partial charge in [-0.1, -0.05) is 0 Å². The molecule has 4 heterocycles. The van der Waals surface area contributed by atoms with Gasteiger partial charge in [0, 0.05) is 24.3 Å². The largest absolute Gasteiger partial charge is 0.490 e. The highest BCUT2D eigenvalue weighted by Crippen LogP contribution is 2.32. The third-order valence-corrected chi connectivity index (χ3v) is 8.64. The van der Waals surface area contributed by atoms with Crippen molar-refractivity contribution in [3.8, 4) is 17.1 Å². The number of pyridine rings is 1. The molecule has 0 spiro atoms. The number of carbonyl (C=O) groups excluding carboxylic acids is 1. The van der Waals surface area contributed by atoms with Crippen LogP contribution in [0, 0.1) is 5.82 Å². The van der Waals surface area contributed by atoms with Crippen molar-refractivity contribution >= 4 is 32.9 Å². The van der Waals surface area contributed by atoms with Gasteiger partial charge in [0.15, 0.2) is 0 Å². The van der Waals surface area contributed by atoms with Crippen molar-refractivity contribution in [2.45, 2.75) is 44.4 Å². The molecule has 4 aromatic rings. The van der Waals surface area contributed by atoms with Crippen LogP contribution in [-0.2, 0) is 13.0 Å². The predicted octanol–water partition coefficient (Wildman–Crippen LogP) is 4.24. The van der Waals surface area contributed by atoms with Crippen LogP contribution in [-0.4, -0.2) is 74.7 Å². The Labute approximate surface area is 244 Å². The fraction of sp³-hybridized carbons (Fsp3) is 0.367. The molecule has 0 aliphatic carbocycles. The number of aliphatic hydroxyl groups excluding tert-OH is 1. The van der Waals surface area contributed by atoms with E-state index in [4.69, 9.17) is 9.72 Å². The third-order valence-electron chi connectivity index (χ3n) is 8.02. The van der Waals surface area contributed by atoms with Crippen LogP contribution in [0.2, 0.25) is 0 Å². The molecule has 9 nitrogen and oxygen atoms in total. The van der Waals surface area contributed by atoms with Gasteiger partial charge in [-0.25, -0.2) is 9.37 Å². The summed E-state index contributed by atoms with van der Waals surface area (Å²) in [5.74, 6) is 0.511. The zero-order valence-electron chi connectivity index (χ0n) is 22.6. The Morgan fingerprint density at radius 3 is 2.78 bits per heavy atom. The number of amides is 1. The molecule has 11 heteroatoms. The summed E-state index contributed by atoms with van der Waals surface area (Å²) in [5, 5.41) is 10.5. The van der Waals surface area contributed by atoms with Gasteiger partial charge >= 0.3 is 0 Å². The number of imidazole rings is 1. The van der Waals surface area contributed by atoms with Crippen LogP contribution in [0.5, 0.6) is 5.75 Å². The highest BCUT2D eigenvalue weighted by atomic mass is 79.9. The Bertz CT molecular complexity index is 1660. The molecule has 0 saturated carbocycles. The highest BCUT2D eigenvalue weighted by molar-refractivity contribution is 9.10. The molecule has 2 aromatic heterocycles. The number of rotatable bonds is 8. The van der Waals surface area contributed by atoms with Crippen LogP contribution in [0.15, 0.2) is 51.9 Å². The van der Waals surface area contributed by atoms with Crippen molar-refractivity contribution in [1.29, 1.82) is 0 Å². The first kappa shape index (κ1) is 27.6. The number of halogens is 2. The normalized spacial score (nSPS) is 16.9. The van der Waals surface area contributed by atoms with Crippen LogP contribution in [0.3, 0.4) is 0 Å². The lowest BCUT2D eigenvalue weighted by molar-refractivity contribution is 0.0617. The molecule has 1 atom stereocenters. The number of hydrogen-bond donors (Lipinski definition) is 3. The fourth-order valence-corrected chi connectivity index (χ4v) is 6.20. The molecule has 1 saturated heterocycles. The number of ether oxygens (including phenoxy) is 1. The molecule has 1 amide bonds. The molecule has 2 aliphatic heterocycles. The Morgan fingerprint density at radius 2 is 2.00 bits per heavy atom. The van der Waals surface area contributed by atoms with E-state index in [2.05, 4.69) is 37.8 Å². The number of hydrogen-bond acceptors (Lipinski definition) is 6. The first-order valence-corrected chi connectivity index (χ1v) is 14.5. The Kier molecular flexibility index (Phi) is 7.67. The van der Waals surface area contributed by atoms with Gasteiger partial charge in [-0.2, -0.15) is 0 Å². The predicted molar refractivity (Wildman–Crippen MR) is 156 cm³/mol. The van der Waals surface area contributed by atoms with Crippen molar-refractivity contribution in [2.75, 3.05) is 26.7 Å². The van der Waals surface area contributed by atoms with Crippen molar-refractivity contribution in [3.63, 3.8) is 0 Å². The molecule has 0 bridgehead atoms. The number of likely N-dealkylation sites (tertiary alicyclic amines) is 1. The standard InChI is InChI=1S/C30H31BrFN5O4/c1-36-10-7-20(8-11-36)37-15-18-12-24-25(14-22(18)30(37)40)35-28(34-24)27-17(6-9-33-29(27)39)2-4-21(38)16-41-26-5-3-19(32)13-23(26)31/h3,5-6,9,12-14,20-21,38H,2,4,7-8,10-11,15-16H2,1H3,(H,33,39)(H,34,35)/t21-/m1/s1. The van der Waals surface area contributed by atoms with E-state index in [0.717, 1.165) is 42.6 Å². The van der Waals surface area contributed by atoms with Gasteiger partial charge in [-0.15, -0.1) is 0 Å². The molecule has 0 unspecified atom stereocenters. The minimum absolute atomic E-state index is 0.0154. The average molecular weight is 625 g/mol. The smallest absolute Gasteiger partial charge is 0.259 e. The van der Waals surface area contributed by atoms with E-state index in [9.17, 15) is 19.1 Å². The van der Waals surface area contributed by atoms with Gasteiger partial charge in [0.2, 0.25) is 0 Å². The Hall–Kier alpha value is -3.54. The van der Waals surface area contributed by atoms with Gasteiger partial charge in [0.25, 0.3) is 11.5 Å². The van der Waals surface area contributed by atoms with Gasteiger partial charge in [0.1, 0.15) is 24.0 Å². The maximum absolute atomic E-state index is 13.3. The van der Waals surface area contributed by atoms with E-state index in [1.165, 1.54) is 18.2 Å². The number of aryl methyl sites for hydroxylation is 1. The number of piperidine rings is 1. The summed E-state index contributed by atoms with van der Waals surface area (Å²) < 4.78 is 19.4. The number of fused-ring (bicyclic) bond motifs is 2. The molecule has 41 heavy (non-hydrogen) atoms. The lowest BCUT2D eigenvalue weighted by Gasteiger charge is -2.34. The summed E-state index contributed by atoms with van der Waals surface area (Å²) in [5.41, 5.74) is 3.88. The van der Waals surface area contributed by atoms with Gasteiger partial charge in [-0.3, -0.25) is 9.59 Å². The number of nitrogens with zero attached hydrogens (tertiary/aromatic N) is 3. The Morgan fingerprint density at radius 1 is 1.20 bits per heavy atom. The zero-order chi connectivity index (χ0) is 28.7. The second-order valence-corrected chi connectivity index (χ2v) is 11.7. The van der Waals surface area contributed by atoms with Gasteiger partial charge < -0.3 is 29.6 Å². The van der Waals surface area contributed by atoms with E-state index >= 15 is 0 Å². The number of aromatic amines is 2. The molecule has 214 valence electrons. The van der Waals surface area contributed by atoms with Gasteiger partial charge in [-0.05, 0) is 109 Å². The van der Waals surface area contributed by atoms with E-state index in [-0.39, 0.29) is 29.9 Å². The minimum Gasteiger partial charge on any atom is -0.490 e. The summed E-state index contributed by atoms with van der Waals surface area (Å²) in [6.45, 7) is 2.57. The number of benzene rings is 2. The fourth-order valence-electron chi connectivity index (χ4n) is 5.73. The topological polar surface area (TPSA) is 115 Å². The monoisotopic (exact) mass is 623 g/mol. The van der Waals surface area contributed by atoms with Gasteiger partial charge in [0.05, 0.1) is 27.2 Å². The quantitative estimate of drug-likeness (QED) is 0.270. The van der Waals surface area contributed by atoms with Crippen LogP contribution in [0.25, 0.3) is 22.4 Å². The number of carbonyl (C=O) groups is 1. The molecule has 1 fully saturated rings. The van der Waals surface area contributed by atoms with Crippen LogP contribution >= 0.6 is 15.9 Å². The first-order valence-electron chi connectivity index (χ1n) is 13.8. The number of aromatic nitrogens is 3. The molecular weight excluding hydrogens is 593 g/mol. The molecule has 6 rings (SSSR count). The van der Waals surface area contributed by atoms with Crippen LogP contribution < -0.4 is 10.3 Å². The second kappa shape index (κ2) is 11.4. The lowest BCUT2D eigenvalue weighted by atomic mass is 10.0. The minimum atomic E-state index is -0.809. The summed E-state index contributed by atoms with van der Waals surface area (Å²) in [6, 6.07) is 9.94. The zero-order valence-corrected chi connectivity index (χ0v) is 24.2. The van der Waals surface area contributed by atoms with Crippen molar-refractivity contribution < 1.29 is 19.0 Å². The number of aliphatic hydroxyl groups is 1. The SMILES string of the molecule is CN1CCC(N2Cc3cc4[nH]c(-c5c(CC[C@@H](O)COc6ccc(F)cc6Br)cc[nH]c5=O)nc4cc3C2=O)CC1. The summed E-state index contributed by atoms with van der Waals surface area (Å²) in [4.78, 5) is 41.2. The molecule has 0 radical (unpaired) electrons. The first-order chi connectivity index (χ1) is 19.8. The van der Waals surface area contributed by atoms with Crippen molar-refractivity contribution in [3.05, 3.63) is 79.9 Å². The van der Waals surface area contributed by atoms with E-state index in [0.29, 0.717) is 52.1 Å². The van der Waals surface area contributed by atoms with Crippen LogP contribution in [0.4, 0.5) is 4.39 Å². The summed E-state index contributed by atoms with van der Waals surface area (Å²) in [7, 11) is 2.11. The maximum Gasteiger partial charge on any atom is 0.259 e. The average Bonchev–Trinajstić information content (AvgIpc) is 3.50. The van der Waals surface area contributed by atoms with E-state index in [1.54, 1.807) is 12.3 Å². The Balaban J connectivity index is 1.18. The molecule has 3 N–H and O–H groups in total. The maximum atomic E-state index is 13.3. The highest BCUT2D eigenvalue weighted by Gasteiger charge is 2.34. The number of H-pyrrole nitrogens is 2.